The Balaban J connectivity index is 1.95. The van der Waals surface area contributed by atoms with Crippen LogP contribution in [-0.4, -0.2) is 29.0 Å². The number of aromatic nitrogens is 2. The largest absolute Gasteiger partial charge is 0.378 e. The zero-order valence-corrected chi connectivity index (χ0v) is 12.7. The van der Waals surface area contributed by atoms with E-state index < -0.39 is 0 Å². The molecular formula is C17H23N3O. The Bertz CT molecular complexity index is 566. The van der Waals surface area contributed by atoms with Crippen LogP contribution in [0.5, 0.6) is 0 Å². The molecular weight excluding hydrogens is 262 g/mol. The van der Waals surface area contributed by atoms with E-state index in [4.69, 9.17) is 4.74 Å². The molecule has 4 heteroatoms. The van der Waals surface area contributed by atoms with Crippen LogP contribution < -0.4 is 5.32 Å². The molecule has 0 spiro atoms. The minimum Gasteiger partial charge on any atom is -0.378 e. The molecule has 0 bridgehead atoms. The van der Waals surface area contributed by atoms with Crippen LogP contribution >= 0.6 is 0 Å². The van der Waals surface area contributed by atoms with Gasteiger partial charge in [0.1, 0.15) is 0 Å². The smallest absolute Gasteiger partial charge is 0.0649 e. The second-order valence-electron chi connectivity index (χ2n) is 5.57. The lowest BCUT2D eigenvalue weighted by Crippen LogP contribution is -2.33. The van der Waals surface area contributed by atoms with Gasteiger partial charge in [0.15, 0.2) is 0 Å². The molecule has 1 aliphatic heterocycles. The van der Waals surface area contributed by atoms with Crippen molar-refractivity contribution in [2.75, 3.05) is 13.2 Å². The van der Waals surface area contributed by atoms with Gasteiger partial charge in [-0.1, -0.05) is 25.1 Å². The van der Waals surface area contributed by atoms with Crippen molar-refractivity contribution in [2.45, 2.75) is 32.4 Å². The Hall–Kier alpha value is -1.65. The average Bonchev–Trinajstić information content (AvgIpc) is 3.15. The lowest BCUT2D eigenvalue weighted by molar-refractivity contribution is 0.0948. The van der Waals surface area contributed by atoms with E-state index >= 15 is 0 Å². The lowest BCUT2D eigenvalue weighted by atomic mass is 9.91. The Morgan fingerprint density at radius 3 is 2.81 bits per heavy atom. The number of nitrogens with zero attached hydrogens (tertiary/aromatic N) is 2. The van der Waals surface area contributed by atoms with Crippen LogP contribution in [0.4, 0.5) is 0 Å². The quantitative estimate of drug-likeness (QED) is 0.918. The van der Waals surface area contributed by atoms with E-state index in [0.29, 0.717) is 5.92 Å². The highest BCUT2D eigenvalue weighted by molar-refractivity contribution is 5.33. The molecule has 0 amide bonds. The molecule has 2 aromatic rings. The fraction of sp³-hybridized carbons (Fsp3) is 0.471. The molecule has 1 fully saturated rings. The molecule has 112 valence electrons. The number of hydrogen-bond acceptors (Lipinski definition) is 3. The van der Waals surface area contributed by atoms with E-state index in [1.165, 1.54) is 5.69 Å². The molecule has 1 saturated heterocycles. The summed E-state index contributed by atoms with van der Waals surface area (Å²) < 4.78 is 7.81. The first kappa shape index (κ1) is 14.3. The summed E-state index contributed by atoms with van der Waals surface area (Å²) in [6.07, 6.45) is 3.26. The summed E-state index contributed by atoms with van der Waals surface area (Å²) in [5, 5.41) is 8.15. The monoisotopic (exact) mass is 285 g/mol. The second-order valence-corrected chi connectivity index (χ2v) is 5.57. The summed E-state index contributed by atoms with van der Waals surface area (Å²) in [6.45, 7) is 6.11. The van der Waals surface area contributed by atoms with Crippen LogP contribution in [0.1, 0.15) is 32.0 Å². The Kier molecular flexibility index (Phi) is 4.36. The normalized spacial score (nSPS) is 23.3. The van der Waals surface area contributed by atoms with Gasteiger partial charge in [0.25, 0.3) is 0 Å². The zero-order chi connectivity index (χ0) is 14.7. The van der Waals surface area contributed by atoms with Gasteiger partial charge in [0.05, 0.1) is 23.5 Å². The molecule has 0 aliphatic carbocycles. The fourth-order valence-corrected chi connectivity index (χ4v) is 3.22. The van der Waals surface area contributed by atoms with Gasteiger partial charge >= 0.3 is 0 Å². The highest BCUT2D eigenvalue weighted by atomic mass is 16.5. The third kappa shape index (κ3) is 2.87. The first-order valence-corrected chi connectivity index (χ1v) is 7.75. The number of para-hydroxylation sites is 1. The van der Waals surface area contributed by atoms with Gasteiger partial charge in [-0.25, -0.2) is 4.68 Å². The van der Waals surface area contributed by atoms with Crippen LogP contribution in [0, 0.1) is 5.92 Å². The predicted molar refractivity (Wildman–Crippen MR) is 83.5 cm³/mol. The van der Waals surface area contributed by atoms with Crippen molar-refractivity contribution in [1.82, 2.24) is 15.1 Å². The number of rotatable bonds is 5. The van der Waals surface area contributed by atoms with Crippen molar-refractivity contribution in [3.8, 4) is 5.69 Å². The maximum absolute atomic E-state index is 5.77. The van der Waals surface area contributed by atoms with Gasteiger partial charge in [0.2, 0.25) is 0 Å². The summed E-state index contributed by atoms with van der Waals surface area (Å²) in [4.78, 5) is 0. The van der Waals surface area contributed by atoms with Crippen LogP contribution in [0.25, 0.3) is 5.69 Å². The minimum absolute atomic E-state index is 0.273. The van der Waals surface area contributed by atoms with Crippen LogP contribution in [0.2, 0.25) is 0 Å². The minimum atomic E-state index is 0.273. The summed E-state index contributed by atoms with van der Waals surface area (Å²) in [6, 6.07) is 12.7. The molecule has 3 unspecified atom stereocenters. The van der Waals surface area contributed by atoms with E-state index in [1.807, 2.05) is 29.1 Å². The summed E-state index contributed by atoms with van der Waals surface area (Å²) in [5.41, 5.74) is 2.32. The van der Waals surface area contributed by atoms with Crippen molar-refractivity contribution in [3.63, 3.8) is 0 Å². The molecule has 1 aliphatic rings. The van der Waals surface area contributed by atoms with Crippen molar-refractivity contribution in [1.29, 1.82) is 0 Å². The van der Waals surface area contributed by atoms with Gasteiger partial charge in [-0.3, -0.25) is 0 Å². The second kappa shape index (κ2) is 6.41. The first-order chi connectivity index (χ1) is 10.3. The molecule has 1 aromatic carbocycles. The van der Waals surface area contributed by atoms with Crippen molar-refractivity contribution in [3.05, 3.63) is 48.3 Å². The molecule has 3 rings (SSSR count). The van der Waals surface area contributed by atoms with Crippen LogP contribution in [0.3, 0.4) is 0 Å². The topological polar surface area (TPSA) is 39.1 Å². The van der Waals surface area contributed by atoms with E-state index in [2.05, 4.69) is 42.5 Å². The Morgan fingerprint density at radius 1 is 1.33 bits per heavy atom. The van der Waals surface area contributed by atoms with Crippen LogP contribution in [0.15, 0.2) is 42.6 Å². The van der Waals surface area contributed by atoms with Gasteiger partial charge < -0.3 is 10.1 Å². The Morgan fingerprint density at radius 2 is 2.14 bits per heavy atom. The fourth-order valence-electron chi connectivity index (χ4n) is 3.22. The lowest BCUT2D eigenvalue weighted by Gasteiger charge is -2.27. The van der Waals surface area contributed by atoms with Crippen molar-refractivity contribution >= 4 is 0 Å². The maximum atomic E-state index is 5.77. The van der Waals surface area contributed by atoms with Gasteiger partial charge in [-0.2, -0.15) is 5.10 Å². The van der Waals surface area contributed by atoms with E-state index in [9.17, 15) is 0 Å². The Labute approximate surface area is 126 Å². The summed E-state index contributed by atoms with van der Waals surface area (Å²) >= 11 is 0. The molecule has 4 nitrogen and oxygen atoms in total. The SMILES string of the molecule is CCNC(c1ccnn1-c1ccccc1)C1CCOC1C. The molecule has 3 atom stereocenters. The van der Waals surface area contributed by atoms with Crippen molar-refractivity contribution in [2.24, 2.45) is 5.92 Å². The molecule has 1 aromatic heterocycles. The highest BCUT2D eigenvalue weighted by Crippen LogP contribution is 2.33. The zero-order valence-electron chi connectivity index (χ0n) is 12.7. The van der Waals surface area contributed by atoms with Gasteiger partial charge in [-0.05, 0) is 38.1 Å². The number of hydrogen-bond donors (Lipinski definition) is 1. The van der Waals surface area contributed by atoms with Gasteiger partial charge in [-0.15, -0.1) is 0 Å². The highest BCUT2D eigenvalue weighted by Gasteiger charge is 2.34. The summed E-state index contributed by atoms with van der Waals surface area (Å²) in [7, 11) is 0. The molecule has 21 heavy (non-hydrogen) atoms. The average molecular weight is 285 g/mol. The van der Waals surface area contributed by atoms with Gasteiger partial charge in [0, 0.05) is 18.7 Å². The molecule has 2 heterocycles. The third-order valence-corrected chi connectivity index (χ3v) is 4.28. The maximum Gasteiger partial charge on any atom is 0.0649 e. The molecule has 0 radical (unpaired) electrons. The van der Waals surface area contributed by atoms with Crippen molar-refractivity contribution < 1.29 is 4.74 Å². The van der Waals surface area contributed by atoms with Crippen LogP contribution in [-0.2, 0) is 4.74 Å². The molecule has 0 saturated carbocycles. The molecule has 1 N–H and O–H groups in total. The van der Waals surface area contributed by atoms with E-state index in [0.717, 1.165) is 25.3 Å². The number of benzene rings is 1. The standard InChI is InChI=1S/C17H23N3O/c1-3-18-17(15-10-12-21-13(15)2)16-9-11-19-20(16)14-7-5-4-6-8-14/h4-9,11,13,15,17-18H,3,10,12H2,1-2H3. The van der Waals surface area contributed by atoms with E-state index in [-0.39, 0.29) is 12.1 Å². The third-order valence-electron chi connectivity index (χ3n) is 4.28. The van der Waals surface area contributed by atoms with E-state index in [1.54, 1.807) is 0 Å². The summed E-state index contributed by atoms with van der Waals surface area (Å²) in [5.74, 6) is 0.490. The number of ether oxygens (including phenoxy) is 1. The number of nitrogens with one attached hydrogen (secondary N) is 1. The predicted octanol–water partition coefficient (Wildman–Crippen LogP) is 2.95. The first-order valence-electron chi connectivity index (χ1n) is 7.75.